The molecule has 14 heteroatoms. The van der Waals surface area contributed by atoms with E-state index in [-0.39, 0.29) is 24.4 Å². The summed E-state index contributed by atoms with van der Waals surface area (Å²) in [5.41, 5.74) is 3.50. The Morgan fingerprint density at radius 3 is 2.62 bits per heavy atom. The van der Waals surface area contributed by atoms with Crippen LogP contribution in [0.1, 0.15) is 47.1 Å². The molecule has 1 aliphatic rings. The third kappa shape index (κ3) is 7.62. The largest absolute Gasteiger partial charge is 0.461 e. The standard InChI is InChI=1S/C31H27F4N3O5S2/c1-2-43-30(40)24-17-44-29(37-24)22-15-25(21-5-3-4-18(12-21)9-11-28(39)31(33,34)35)38(26(22)14-19-6-7-19)16-20-8-10-27(23(32)13-20)45(36,41)42/h3-5,8,10,12-13,15,17,19,28,39H,2,6-7,14,16H2,1H3,(H2,36,41,42). The van der Waals surface area contributed by atoms with Crippen molar-refractivity contribution in [2.45, 2.75) is 49.9 Å². The van der Waals surface area contributed by atoms with Gasteiger partial charge in [0.1, 0.15) is 15.7 Å². The Bertz CT molecular complexity index is 1920. The molecule has 4 aromatic rings. The molecule has 0 aliphatic heterocycles. The van der Waals surface area contributed by atoms with Crippen molar-refractivity contribution in [3.8, 4) is 33.7 Å². The van der Waals surface area contributed by atoms with E-state index in [1.54, 1.807) is 30.5 Å². The Labute approximate surface area is 260 Å². The highest BCUT2D eigenvalue weighted by molar-refractivity contribution is 7.89. The highest BCUT2D eigenvalue weighted by Crippen LogP contribution is 2.41. The zero-order chi connectivity index (χ0) is 32.5. The predicted molar refractivity (Wildman–Crippen MR) is 159 cm³/mol. The number of benzene rings is 2. The molecule has 0 saturated heterocycles. The highest BCUT2D eigenvalue weighted by atomic mass is 32.2. The molecular formula is C31H27F4N3O5S2. The topological polar surface area (TPSA) is 125 Å². The Kier molecular flexibility index (Phi) is 9.18. The number of hydrogen-bond donors (Lipinski definition) is 2. The van der Waals surface area contributed by atoms with Gasteiger partial charge in [-0.1, -0.05) is 30.0 Å². The van der Waals surface area contributed by atoms with Crippen molar-refractivity contribution in [2.75, 3.05) is 6.61 Å². The van der Waals surface area contributed by atoms with Gasteiger partial charge in [-0.05, 0) is 73.6 Å². The van der Waals surface area contributed by atoms with Crippen LogP contribution in [0.4, 0.5) is 17.6 Å². The summed E-state index contributed by atoms with van der Waals surface area (Å²) in [6, 6.07) is 11.9. The lowest BCUT2D eigenvalue weighted by Crippen LogP contribution is -2.26. The van der Waals surface area contributed by atoms with Gasteiger partial charge in [-0.25, -0.2) is 27.7 Å². The molecule has 2 aromatic carbocycles. The Balaban J connectivity index is 1.65. The van der Waals surface area contributed by atoms with Gasteiger partial charge in [-0.3, -0.25) is 0 Å². The first-order chi connectivity index (χ1) is 21.2. The summed E-state index contributed by atoms with van der Waals surface area (Å²) in [6.07, 6.45) is -5.09. The van der Waals surface area contributed by atoms with Crippen LogP contribution in [-0.2, 0) is 27.7 Å². The number of aliphatic hydroxyl groups is 1. The normalized spacial score (nSPS) is 14.1. The molecule has 1 atom stereocenters. The molecule has 8 nitrogen and oxygen atoms in total. The number of ether oxygens (including phenoxy) is 1. The molecule has 1 unspecified atom stereocenters. The van der Waals surface area contributed by atoms with E-state index in [4.69, 9.17) is 9.88 Å². The van der Waals surface area contributed by atoms with E-state index in [9.17, 15) is 35.9 Å². The van der Waals surface area contributed by atoms with Gasteiger partial charge in [0.15, 0.2) is 5.69 Å². The number of hydrogen-bond acceptors (Lipinski definition) is 7. The number of aliphatic hydroxyl groups excluding tert-OH is 1. The van der Waals surface area contributed by atoms with E-state index >= 15 is 0 Å². The number of esters is 1. The van der Waals surface area contributed by atoms with E-state index in [1.165, 1.54) is 23.5 Å². The van der Waals surface area contributed by atoms with Gasteiger partial charge in [-0.2, -0.15) is 13.2 Å². The average Bonchev–Trinajstić information content (AvgIpc) is 3.53. The number of alkyl halides is 3. The zero-order valence-electron chi connectivity index (χ0n) is 23.8. The number of carbonyl (C=O) groups is 1. The van der Waals surface area contributed by atoms with Crippen molar-refractivity contribution >= 4 is 27.3 Å². The molecule has 2 heterocycles. The first kappa shape index (κ1) is 32.4. The minimum atomic E-state index is -4.89. The second kappa shape index (κ2) is 12.8. The summed E-state index contributed by atoms with van der Waals surface area (Å²) in [4.78, 5) is 16.2. The van der Waals surface area contributed by atoms with Gasteiger partial charge in [-0.15, -0.1) is 11.3 Å². The molecule has 0 spiro atoms. The molecule has 0 radical (unpaired) electrons. The third-order valence-corrected chi connectivity index (χ3v) is 8.89. The van der Waals surface area contributed by atoms with Crippen LogP contribution in [-0.4, -0.2) is 47.9 Å². The fraction of sp³-hybridized carbons (Fsp3) is 0.290. The number of nitrogens with zero attached hydrogens (tertiary/aromatic N) is 2. The number of primary sulfonamides is 1. The van der Waals surface area contributed by atoms with Gasteiger partial charge in [0.05, 0.1) is 6.61 Å². The maximum atomic E-state index is 14.9. The van der Waals surface area contributed by atoms with Gasteiger partial charge in [0.25, 0.3) is 0 Å². The number of halogens is 4. The summed E-state index contributed by atoms with van der Waals surface area (Å²) >= 11 is 1.24. The molecule has 5 rings (SSSR count). The number of nitrogens with two attached hydrogens (primary N) is 1. The molecule has 236 valence electrons. The van der Waals surface area contributed by atoms with Crippen molar-refractivity contribution in [3.63, 3.8) is 0 Å². The van der Waals surface area contributed by atoms with E-state index in [2.05, 4.69) is 10.9 Å². The average molecular weight is 662 g/mol. The van der Waals surface area contributed by atoms with E-state index in [0.717, 1.165) is 30.7 Å². The predicted octanol–water partition coefficient (Wildman–Crippen LogP) is 5.52. The van der Waals surface area contributed by atoms with Crippen LogP contribution in [0.5, 0.6) is 0 Å². The fourth-order valence-electron chi connectivity index (χ4n) is 4.75. The van der Waals surface area contributed by atoms with Crippen molar-refractivity contribution in [1.82, 2.24) is 9.55 Å². The zero-order valence-corrected chi connectivity index (χ0v) is 25.4. The molecule has 45 heavy (non-hydrogen) atoms. The summed E-state index contributed by atoms with van der Waals surface area (Å²) in [7, 11) is -4.28. The number of sulfonamides is 1. The quantitative estimate of drug-likeness (QED) is 0.138. The van der Waals surface area contributed by atoms with E-state index in [1.807, 2.05) is 16.6 Å². The monoisotopic (exact) mass is 661 g/mol. The second-order valence-corrected chi connectivity index (χ2v) is 12.9. The van der Waals surface area contributed by atoms with Gasteiger partial charge in [0, 0.05) is 34.4 Å². The second-order valence-electron chi connectivity index (χ2n) is 10.5. The summed E-state index contributed by atoms with van der Waals surface area (Å²) in [5.74, 6) is 2.99. The first-order valence-corrected chi connectivity index (χ1v) is 16.2. The minimum Gasteiger partial charge on any atom is -0.461 e. The lowest BCUT2D eigenvalue weighted by Gasteiger charge is -2.16. The summed E-state index contributed by atoms with van der Waals surface area (Å²) < 4.78 is 83.9. The van der Waals surface area contributed by atoms with Crippen molar-refractivity contribution in [1.29, 1.82) is 0 Å². The summed E-state index contributed by atoms with van der Waals surface area (Å²) in [5, 5.41) is 16.6. The fourth-order valence-corrected chi connectivity index (χ4v) is 6.17. The molecule has 0 amide bonds. The first-order valence-electron chi connectivity index (χ1n) is 13.8. The van der Waals surface area contributed by atoms with Gasteiger partial charge in [0.2, 0.25) is 16.1 Å². The number of carbonyl (C=O) groups excluding carboxylic acids is 1. The Hall–Kier alpha value is -4.03. The van der Waals surface area contributed by atoms with Crippen LogP contribution in [0, 0.1) is 23.6 Å². The van der Waals surface area contributed by atoms with Crippen LogP contribution in [0.15, 0.2) is 58.8 Å². The Morgan fingerprint density at radius 2 is 1.98 bits per heavy atom. The van der Waals surface area contributed by atoms with Crippen LogP contribution in [0.2, 0.25) is 0 Å². The number of thiazole rings is 1. The maximum Gasteiger partial charge on any atom is 0.425 e. The molecular weight excluding hydrogens is 634 g/mol. The van der Waals surface area contributed by atoms with Gasteiger partial charge < -0.3 is 14.4 Å². The van der Waals surface area contributed by atoms with Gasteiger partial charge >= 0.3 is 12.1 Å². The van der Waals surface area contributed by atoms with E-state index in [0.29, 0.717) is 39.7 Å². The highest BCUT2D eigenvalue weighted by Gasteiger charge is 2.37. The van der Waals surface area contributed by atoms with Crippen LogP contribution < -0.4 is 5.14 Å². The van der Waals surface area contributed by atoms with Crippen molar-refractivity contribution in [2.24, 2.45) is 11.1 Å². The molecule has 1 fully saturated rings. The van der Waals surface area contributed by atoms with Crippen LogP contribution >= 0.6 is 11.3 Å². The minimum absolute atomic E-state index is 0.0952. The maximum absolute atomic E-state index is 14.9. The molecule has 3 N–H and O–H groups in total. The Morgan fingerprint density at radius 1 is 1.22 bits per heavy atom. The number of rotatable bonds is 9. The molecule has 0 bridgehead atoms. The SMILES string of the molecule is CCOC(=O)c1csc(-c2cc(-c3cccc(C#CC(O)C(F)(F)F)c3)n(Cc3ccc(S(N)(=O)=O)c(F)c3)c2CC2CC2)n1. The van der Waals surface area contributed by atoms with Crippen LogP contribution in [0.25, 0.3) is 21.8 Å². The third-order valence-electron chi connectivity index (χ3n) is 7.07. The number of aromatic nitrogens is 2. The lowest BCUT2D eigenvalue weighted by molar-refractivity contribution is -0.184. The lowest BCUT2D eigenvalue weighted by atomic mass is 10.1. The molecule has 1 saturated carbocycles. The van der Waals surface area contributed by atoms with E-state index < -0.39 is 39.0 Å². The molecule has 1 aliphatic carbocycles. The van der Waals surface area contributed by atoms with Crippen molar-refractivity contribution in [3.05, 3.63) is 82.2 Å². The van der Waals surface area contributed by atoms with Crippen molar-refractivity contribution < 1.29 is 40.6 Å². The molecule has 2 aromatic heterocycles. The summed E-state index contributed by atoms with van der Waals surface area (Å²) in [6.45, 7) is 1.96. The van der Waals surface area contributed by atoms with Crippen LogP contribution in [0.3, 0.4) is 0 Å². The smallest absolute Gasteiger partial charge is 0.425 e.